The van der Waals surface area contributed by atoms with Crippen molar-refractivity contribution in [2.45, 2.75) is 51.0 Å². The number of aliphatic hydroxyl groups is 1. The summed E-state index contributed by atoms with van der Waals surface area (Å²) >= 11 is 6.83. The summed E-state index contributed by atoms with van der Waals surface area (Å²) in [5, 5.41) is 20.1. The number of alkyl carbamates (subject to hydrolysis) is 1. The van der Waals surface area contributed by atoms with Crippen LogP contribution in [-0.2, 0) is 10.3 Å². The Morgan fingerprint density at radius 1 is 1.25 bits per heavy atom. The zero-order valence-corrected chi connectivity index (χ0v) is 21.9. The first-order valence-corrected chi connectivity index (χ1v) is 13.0. The van der Waals surface area contributed by atoms with E-state index in [0.717, 1.165) is 41.5 Å². The van der Waals surface area contributed by atoms with Crippen LogP contribution in [0.4, 0.5) is 4.79 Å². The minimum Gasteiger partial charge on any atom is -0.453 e. The molecule has 2 heterocycles. The molecule has 3 aromatic rings. The third-order valence-corrected chi connectivity index (χ3v) is 7.36. The van der Waals surface area contributed by atoms with E-state index in [1.807, 2.05) is 42.5 Å². The molecule has 1 aliphatic rings. The van der Waals surface area contributed by atoms with Crippen molar-refractivity contribution in [3.8, 4) is 11.4 Å². The van der Waals surface area contributed by atoms with Crippen molar-refractivity contribution in [3.63, 3.8) is 0 Å². The summed E-state index contributed by atoms with van der Waals surface area (Å²) in [5.41, 5.74) is 2.01. The Morgan fingerprint density at radius 3 is 2.78 bits per heavy atom. The van der Waals surface area contributed by atoms with Crippen molar-refractivity contribution >= 4 is 28.6 Å². The summed E-state index contributed by atoms with van der Waals surface area (Å²) in [6.45, 7) is 6.26. The molecule has 7 nitrogen and oxygen atoms in total. The molecule has 192 valence electrons. The van der Waals surface area contributed by atoms with Gasteiger partial charge < -0.3 is 20.5 Å². The molecule has 1 saturated heterocycles. The lowest BCUT2D eigenvalue weighted by Crippen LogP contribution is -2.45. The monoisotopic (exact) mass is 510 g/mol. The summed E-state index contributed by atoms with van der Waals surface area (Å²) in [4.78, 5) is 21.4. The first-order chi connectivity index (χ1) is 17.3. The van der Waals surface area contributed by atoms with Gasteiger partial charge in [0.05, 0.1) is 28.9 Å². The first kappa shape index (κ1) is 26.3. The second-order valence-electron chi connectivity index (χ2n) is 9.76. The highest BCUT2D eigenvalue weighted by atomic mass is 35.5. The zero-order valence-electron chi connectivity index (χ0n) is 21.2. The average Bonchev–Trinajstić information content (AvgIpc) is 2.90. The summed E-state index contributed by atoms with van der Waals surface area (Å²) in [5.74, 6) is 0.688. The van der Waals surface area contributed by atoms with Crippen LogP contribution < -0.4 is 10.6 Å². The molecule has 1 aromatic heterocycles. The number of piperidine rings is 1. The third-order valence-electron chi connectivity index (χ3n) is 7.04. The standard InChI is InChI=1S/C28H35ClN4O3/c1-18(2)25-20-10-4-5-13-23(20)32-26(33-25)24-21(11-6-12-22(24)29)28(35,19-9-7-15-30-17-19)14-8-16-31-27(34)36-3/h4-6,10-13,18-19,30,35H,7-9,14-17H2,1-3H3,(H,31,34). The zero-order chi connectivity index (χ0) is 25.7. The number of hydrogen-bond donors (Lipinski definition) is 3. The normalized spacial score (nSPS) is 17.7. The Balaban J connectivity index is 1.82. The highest BCUT2D eigenvalue weighted by Crippen LogP contribution is 2.44. The number of ether oxygens (including phenoxy) is 1. The second-order valence-corrected chi connectivity index (χ2v) is 10.2. The van der Waals surface area contributed by atoms with Crippen LogP contribution >= 0.6 is 11.6 Å². The van der Waals surface area contributed by atoms with Crippen LogP contribution in [0.15, 0.2) is 42.5 Å². The number of aromatic nitrogens is 2. The lowest BCUT2D eigenvalue weighted by atomic mass is 9.73. The van der Waals surface area contributed by atoms with E-state index in [1.165, 1.54) is 7.11 Å². The molecule has 1 fully saturated rings. The molecule has 2 atom stereocenters. The van der Waals surface area contributed by atoms with Gasteiger partial charge in [0.1, 0.15) is 0 Å². The molecular formula is C28H35ClN4O3. The van der Waals surface area contributed by atoms with E-state index in [1.54, 1.807) is 0 Å². The van der Waals surface area contributed by atoms with Crippen molar-refractivity contribution in [1.82, 2.24) is 20.6 Å². The van der Waals surface area contributed by atoms with Crippen LogP contribution in [0.25, 0.3) is 22.3 Å². The molecule has 2 aromatic carbocycles. The molecular weight excluding hydrogens is 476 g/mol. The lowest BCUT2D eigenvalue weighted by molar-refractivity contribution is -0.0416. The highest BCUT2D eigenvalue weighted by Gasteiger charge is 2.41. The van der Waals surface area contributed by atoms with Crippen LogP contribution in [0.5, 0.6) is 0 Å². The number of nitrogens with zero attached hydrogens (tertiary/aromatic N) is 2. The van der Waals surface area contributed by atoms with Crippen LogP contribution in [0.1, 0.15) is 56.7 Å². The van der Waals surface area contributed by atoms with Gasteiger partial charge in [0.15, 0.2) is 5.82 Å². The van der Waals surface area contributed by atoms with Gasteiger partial charge in [0.2, 0.25) is 0 Å². The largest absolute Gasteiger partial charge is 0.453 e. The van der Waals surface area contributed by atoms with Gasteiger partial charge in [0, 0.05) is 30.0 Å². The highest BCUT2D eigenvalue weighted by molar-refractivity contribution is 6.33. The van der Waals surface area contributed by atoms with E-state index in [-0.39, 0.29) is 11.8 Å². The smallest absolute Gasteiger partial charge is 0.406 e. The fraction of sp³-hybridized carbons (Fsp3) is 0.464. The molecule has 0 spiro atoms. The SMILES string of the molecule is COC(=O)NCCCC(O)(c1cccc(Cl)c1-c1nc(C(C)C)c2ccccc2n1)C1CCCNC1. The fourth-order valence-corrected chi connectivity index (χ4v) is 5.46. The van der Waals surface area contributed by atoms with Crippen molar-refractivity contribution in [2.24, 2.45) is 5.92 Å². The van der Waals surface area contributed by atoms with Crippen LogP contribution in [-0.4, -0.2) is 47.9 Å². The van der Waals surface area contributed by atoms with E-state index in [4.69, 9.17) is 21.6 Å². The molecule has 1 aliphatic heterocycles. The summed E-state index contributed by atoms with van der Waals surface area (Å²) in [6, 6.07) is 13.6. The quantitative estimate of drug-likeness (QED) is 0.351. The van der Waals surface area contributed by atoms with Crippen molar-refractivity contribution in [1.29, 1.82) is 0 Å². The predicted molar refractivity (Wildman–Crippen MR) is 143 cm³/mol. The average molecular weight is 511 g/mol. The number of hydrogen-bond acceptors (Lipinski definition) is 6. The maximum atomic E-state index is 12.4. The number of para-hydroxylation sites is 1. The summed E-state index contributed by atoms with van der Waals surface area (Å²) < 4.78 is 4.69. The molecule has 8 heteroatoms. The lowest BCUT2D eigenvalue weighted by Gasteiger charge is -2.40. The summed E-state index contributed by atoms with van der Waals surface area (Å²) in [6.07, 6.45) is 2.40. The van der Waals surface area contributed by atoms with Crippen molar-refractivity contribution in [2.75, 3.05) is 26.7 Å². The van der Waals surface area contributed by atoms with E-state index in [0.29, 0.717) is 42.3 Å². The molecule has 3 N–H and O–H groups in total. The van der Waals surface area contributed by atoms with Crippen molar-refractivity contribution in [3.05, 3.63) is 58.7 Å². The van der Waals surface area contributed by atoms with Gasteiger partial charge in [-0.05, 0) is 55.8 Å². The molecule has 4 rings (SSSR count). The Kier molecular flexibility index (Phi) is 8.44. The fourth-order valence-electron chi connectivity index (χ4n) is 5.20. The van der Waals surface area contributed by atoms with Crippen LogP contribution in [0, 0.1) is 5.92 Å². The van der Waals surface area contributed by atoms with E-state index in [2.05, 4.69) is 29.2 Å². The molecule has 0 bridgehead atoms. The van der Waals surface area contributed by atoms with Gasteiger partial charge in [-0.2, -0.15) is 0 Å². The van der Waals surface area contributed by atoms with Gasteiger partial charge >= 0.3 is 6.09 Å². The summed E-state index contributed by atoms with van der Waals surface area (Å²) in [7, 11) is 1.34. The molecule has 0 aliphatic carbocycles. The number of halogens is 1. The molecule has 1 amide bonds. The maximum absolute atomic E-state index is 12.4. The molecule has 0 radical (unpaired) electrons. The van der Waals surface area contributed by atoms with Crippen LogP contribution in [0.3, 0.4) is 0 Å². The first-order valence-electron chi connectivity index (χ1n) is 12.7. The Hall–Kier alpha value is -2.74. The Labute approximate surface area is 217 Å². The number of carbonyl (C=O) groups is 1. The third kappa shape index (κ3) is 5.48. The van der Waals surface area contributed by atoms with Crippen LogP contribution in [0.2, 0.25) is 5.02 Å². The number of nitrogens with one attached hydrogen (secondary N) is 2. The Bertz CT molecular complexity index is 1210. The predicted octanol–water partition coefficient (Wildman–Crippen LogP) is 5.40. The van der Waals surface area contributed by atoms with E-state index >= 15 is 0 Å². The minimum atomic E-state index is -1.18. The Morgan fingerprint density at radius 2 is 2.06 bits per heavy atom. The number of fused-ring (bicyclic) bond motifs is 1. The topological polar surface area (TPSA) is 96.4 Å². The van der Waals surface area contributed by atoms with E-state index in [9.17, 15) is 9.90 Å². The van der Waals surface area contributed by atoms with Gasteiger partial charge in [-0.3, -0.25) is 0 Å². The number of methoxy groups -OCH3 is 1. The molecule has 36 heavy (non-hydrogen) atoms. The number of benzene rings is 2. The molecule has 0 saturated carbocycles. The number of amides is 1. The number of carbonyl (C=O) groups excluding carboxylic acids is 1. The molecule has 2 unspecified atom stereocenters. The second kappa shape index (κ2) is 11.5. The maximum Gasteiger partial charge on any atom is 0.406 e. The van der Waals surface area contributed by atoms with Gasteiger partial charge in [0.25, 0.3) is 0 Å². The minimum absolute atomic E-state index is 0.0216. The van der Waals surface area contributed by atoms with Gasteiger partial charge in [-0.1, -0.05) is 55.8 Å². The van der Waals surface area contributed by atoms with Gasteiger partial charge in [-0.15, -0.1) is 0 Å². The van der Waals surface area contributed by atoms with Gasteiger partial charge in [-0.25, -0.2) is 14.8 Å². The van der Waals surface area contributed by atoms with Crippen molar-refractivity contribution < 1.29 is 14.6 Å². The number of rotatable bonds is 8. The van der Waals surface area contributed by atoms with E-state index < -0.39 is 11.7 Å².